The van der Waals surface area contributed by atoms with Crippen molar-refractivity contribution in [1.29, 1.82) is 0 Å². The van der Waals surface area contributed by atoms with Crippen LogP contribution in [0.25, 0.3) is 0 Å². The summed E-state index contributed by atoms with van der Waals surface area (Å²) >= 11 is 0. The highest BCUT2D eigenvalue weighted by atomic mass is 16.1. The number of hydrogen-bond acceptors (Lipinski definition) is 2. The van der Waals surface area contributed by atoms with Crippen molar-refractivity contribution in [3.8, 4) is 0 Å². The van der Waals surface area contributed by atoms with Crippen LogP contribution in [-0.2, 0) is 6.42 Å². The quantitative estimate of drug-likeness (QED) is 0.744. The van der Waals surface area contributed by atoms with E-state index in [9.17, 15) is 4.79 Å². The van der Waals surface area contributed by atoms with Crippen LogP contribution in [0, 0.1) is 5.92 Å². The molecule has 1 fully saturated rings. The van der Waals surface area contributed by atoms with Gasteiger partial charge in [-0.2, -0.15) is 0 Å². The summed E-state index contributed by atoms with van der Waals surface area (Å²) in [6.07, 6.45) is 5.20. The van der Waals surface area contributed by atoms with Crippen LogP contribution in [0.3, 0.4) is 0 Å². The molecule has 0 radical (unpaired) electrons. The number of ketones is 1. The zero-order chi connectivity index (χ0) is 11.4. The van der Waals surface area contributed by atoms with Gasteiger partial charge in [-0.3, -0.25) is 4.79 Å². The van der Waals surface area contributed by atoms with Crippen LogP contribution in [0.1, 0.15) is 41.6 Å². The van der Waals surface area contributed by atoms with Crippen LogP contribution < -0.4 is 5.73 Å². The van der Waals surface area contributed by atoms with E-state index in [4.69, 9.17) is 5.73 Å². The van der Waals surface area contributed by atoms with Gasteiger partial charge >= 0.3 is 0 Å². The second-order valence-electron chi connectivity index (χ2n) is 4.60. The summed E-state index contributed by atoms with van der Waals surface area (Å²) in [6.45, 7) is 0.604. The standard InChI is InChI=1S/C14H19NO/c15-10-9-12-3-1-2-4-13(12)14(16)8-7-11-5-6-11/h1-4,11H,5-10,15H2. The monoisotopic (exact) mass is 217 g/mol. The van der Waals surface area contributed by atoms with E-state index in [0.29, 0.717) is 13.0 Å². The summed E-state index contributed by atoms with van der Waals surface area (Å²) in [7, 11) is 0. The number of carbonyl (C=O) groups is 1. The molecule has 0 saturated heterocycles. The molecule has 1 aromatic rings. The molecule has 1 aliphatic rings. The first-order chi connectivity index (χ1) is 7.81. The van der Waals surface area contributed by atoms with Crippen LogP contribution in [0.4, 0.5) is 0 Å². The van der Waals surface area contributed by atoms with Crippen LogP contribution in [0.5, 0.6) is 0 Å². The van der Waals surface area contributed by atoms with E-state index < -0.39 is 0 Å². The lowest BCUT2D eigenvalue weighted by Crippen LogP contribution is -2.09. The maximum atomic E-state index is 12.0. The minimum Gasteiger partial charge on any atom is -0.330 e. The fourth-order valence-corrected chi connectivity index (χ4v) is 2.04. The Morgan fingerprint density at radius 3 is 2.75 bits per heavy atom. The molecule has 0 aliphatic heterocycles. The average molecular weight is 217 g/mol. The molecule has 1 saturated carbocycles. The van der Waals surface area contributed by atoms with Crippen molar-refractivity contribution < 1.29 is 4.79 Å². The highest BCUT2D eigenvalue weighted by molar-refractivity contribution is 5.97. The van der Waals surface area contributed by atoms with Crippen molar-refractivity contribution in [2.24, 2.45) is 11.7 Å². The normalized spacial score (nSPS) is 15.1. The zero-order valence-corrected chi connectivity index (χ0v) is 9.61. The maximum absolute atomic E-state index is 12.0. The minimum absolute atomic E-state index is 0.288. The first-order valence-corrected chi connectivity index (χ1v) is 6.12. The molecular weight excluding hydrogens is 198 g/mol. The second kappa shape index (κ2) is 5.26. The third-order valence-corrected chi connectivity index (χ3v) is 3.21. The first-order valence-electron chi connectivity index (χ1n) is 6.12. The third kappa shape index (κ3) is 2.92. The molecule has 1 aliphatic carbocycles. The molecule has 0 bridgehead atoms. The van der Waals surface area contributed by atoms with Crippen LogP contribution in [-0.4, -0.2) is 12.3 Å². The minimum atomic E-state index is 0.288. The van der Waals surface area contributed by atoms with E-state index >= 15 is 0 Å². The van der Waals surface area contributed by atoms with Gasteiger partial charge in [0.2, 0.25) is 0 Å². The van der Waals surface area contributed by atoms with Crippen LogP contribution in [0.2, 0.25) is 0 Å². The Balaban J connectivity index is 2.01. The molecule has 2 N–H and O–H groups in total. The summed E-state index contributed by atoms with van der Waals surface area (Å²) in [5.41, 5.74) is 7.54. The Morgan fingerprint density at radius 2 is 2.06 bits per heavy atom. The molecule has 0 aromatic heterocycles. The van der Waals surface area contributed by atoms with E-state index in [1.54, 1.807) is 0 Å². The SMILES string of the molecule is NCCc1ccccc1C(=O)CCC1CC1. The summed E-state index contributed by atoms with van der Waals surface area (Å²) in [5, 5.41) is 0. The highest BCUT2D eigenvalue weighted by Gasteiger charge is 2.22. The lowest BCUT2D eigenvalue weighted by molar-refractivity contribution is 0.0977. The molecule has 86 valence electrons. The molecule has 0 unspecified atom stereocenters. The maximum Gasteiger partial charge on any atom is 0.163 e. The molecular formula is C14H19NO. The van der Waals surface area contributed by atoms with E-state index in [1.807, 2.05) is 24.3 Å². The topological polar surface area (TPSA) is 43.1 Å². The van der Waals surface area contributed by atoms with Gasteiger partial charge in [0.25, 0.3) is 0 Å². The average Bonchev–Trinajstić information content (AvgIpc) is 3.11. The van der Waals surface area contributed by atoms with Crippen molar-refractivity contribution in [1.82, 2.24) is 0 Å². The van der Waals surface area contributed by atoms with Crippen molar-refractivity contribution in [2.75, 3.05) is 6.54 Å². The lowest BCUT2D eigenvalue weighted by atomic mass is 9.98. The van der Waals surface area contributed by atoms with E-state index in [2.05, 4.69) is 0 Å². The van der Waals surface area contributed by atoms with Gasteiger partial charge in [-0.05, 0) is 30.9 Å². The Morgan fingerprint density at radius 1 is 1.31 bits per heavy atom. The van der Waals surface area contributed by atoms with Gasteiger partial charge < -0.3 is 5.73 Å². The van der Waals surface area contributed by atoms with Gasteiger partial charge in [-0.25, -0.2) is 0 Å². The Bertz CT molecular complexity index is 369. The van der Waals surface area contributed by atoms with Crippen molar-refractivity contribution in [2.45, 2.75) is 32.1 Å². The molecule has 16 heavy (non-hydrogen) atoms. The smallest absolute Gasteiger partial charge is 0.163 e. The summed E-state index contributed by atoms with van der Waals surface area (Å²) in [4.78, 5) is 12.0. The summed E-state index contributed by atoms with van der Waals surface area (Å²) in [5.74, 6) is 1.11. The number of Topliss-reactive ketones (excluding diaryl/α,β-unsaturated/α-hetero) is 1. The van der Waals surface area contributed by atoms with Gasteiger partial charge in [0.15, 0.2) is 5.78 Å². The fourth-order valence-electron chi connectivity index (χ4n) is 2.04. The van der Waals surface area contributed by atoms with Crippen molar-refractivity contribution in [3.05, 3.63) is 35.4 Å². The Labute approximate surface area is 96.8 Å². The molecule has 0 atom stereocenters. The van der Waals surface area contributed by atoms with E-state index in [1.165, 1.54) is 12.8 Å². The predicted octanol–water partition coefficient (Wildman–Crippen LogP) is 2.56. The summed E-state index contributed by atoms with van der Waals surface area (Å²) in [6, 6.07) is 7.85. The fraction of sp³-hybridized carbons (Fsp3) is 0.500. The summed E-state index contributed by atoms with van der Waals surface area (Å²) < 4.78 is 0. The number of carbonyl (C=O) groups excluding carboxylic acids is 1. The van der Waals surface area contributed by atoms with E-state index in [0.717, 1.165) is 29.9 Å². The molecule has 0 heterocycles. The molecule has 0 amide bonds. The Kier molecular flexibility index (Phi) is 3.73. The largest absolute Gasteiger partial charge is 0.330 e. The Hall–Kier alpha value is -1.15. The molecule has 2 rings (SSSR count). The van der Waals surface area contributed by atoms with Gasteiger partial charge in [-0.1, -0.05) is 37.1 Å². The molecule has 2 heteroatoms. The van der Waals surface area contributed by atoms with Crippen LogP contribution >= 0.6 is 0 Å². The number of nitrogens with two attached hydrogens (primary N) is 1. The number of benzene rings is 1. The second-order valence-corrected chi connectivity index (χ2v) is 4.60. The highest BCUT2D eigenvalue weighted by Crippen LogP contribution is 2.34. The third-order valence-electron chi connectivity index (χ3n) is 3.21. The van der Waals surface area contributed by atoms with Gasteiger partial charge in [0.05, 0.1) is 0 Å². The molecule has 1 aromatic carbocycles. The van der Waals surface area contributed by atoms with Crippen molar-refractivity contribution in [3.63, 3.8) is 0 Å². The number of hydrogen-bond donors (Lipinski definition) is 1. The van der Waals surface area contributed by atoms with Gasteiger partial charge in [0.1, 0.15) is 0 Å². The van der Waals surface area contributed by atoms with Crippen molar-refractivity contribution >= 4 is 5.78 Å². The van der Waals surface area contributed by atoms with E-state index in [-0.39, 0.29) is 5.78 Å². The lowest BCUT2D eigenvalue weighted by Gasteiger charge is -2.07. The molecule has 2 nitrogen and oxygen atoms in total. The predicted molar refractivity (Wildman–Crippen MR) is 65.5 cm³/mol. The molecule has 0 spiro atoms. The first kappa shape index (κ1) is 11.3. The van der Waals surface area contributed by atoms with Gasteiger partial charge in [0, 0.05) is 12.0 Å². The van der Waals surface area contributed by atoms with Crippen LogP contribution in [0.15, 0.2) is 24.3 Å². The van der Waals surface area contributed by atoms with Gasteiger partial charge in [-0.15, -0.1) is 0 Å². The number of rotatable bonds is 6. The zero-order valence-electron chi connectivity index (χ0n) is 9.61.